The maximum absolute atomic E-state index is 5.75. The van der Waals surface area contributed by atoms with Gasteiger partial charge < -0.3 is 14.8 Å². The van der Waals surface area contributed by atoms with Gasteiger partial charge in [0, 0.05) is 7.11 Å². The second-order valence-electron chi connectivity index (χ2n) is 4.43. The van der Waals surface area contributed by atoms with Crippen LogP contribution >= 0.6 is 0 Å². The quantitative estimate of drug-likeness (QED) is 0.867. The predicted octanol–water partition coefficient (Wildman–Crippen LogP) is 2.66. The highest BCUT2D eigenvalue weighted by atomic mass is 16.5. The Hall–Kier alpha value is -1.32. The van der Waals surface area contributed by atoms with E-state index in [0.29, 0.717) is 0 Å². The number of benzene rings is 1. The first-order valence-corrected chi connectivity index (χ1v) is 6.44. The molecule has 0 saturated carbocycles. The molecule has 2 atom stereocenters. The minimum atomic E-state index is -0.0273. The van der Waals surface area contributed by atoms with Crippen molar-refractivity contribution >= 4 is 0 Å². The van der Waals surface area contributed by atoms with Crippen LogP contribution in [-0.2, 0) is 9.47 Å². The van der Waals surface area contributed by atoms with Gasteiger partial charge in [-0.15, -0.1) is 0 Å². The van der Waals surface area contributed by atoms with Crippen LogP contribution in [0.25, 0.3) is 0 Å². The third kappa shape index (κ3) is 2.92. The van der Waals surface area contributed by atoms with Gasteiger partial charge in [0.2, 0.25) is 0 Å². The summed E-state index contributed by atoms with van der Waals surface area (Å²) in [6.07, 6.45) is 4.32. The fourth-order valence-corrected chi connectivity index (χ4v) is 2.34. The molecule has 1 aromatic rings. The van der Waals surface area contributed by atoms with Gasteiger partial charge in [-0.05, 0) is 31.5 Å². The van der Waals surface area contributed by atoms with Crippen molar-refractivity contribution < 1.29 is 9.47 Å². The van der Waals surface area contributed by atoms with Crippen LogP contribution in [0, 0.1) is 0 Å². The highest BCUT2D eigenvalue weighted by Crippen LogP contribution is 2.27. The molecule has 1 N–H and O–H groups in total. The number of methoxy groups -OCH3 is 1. The van der Waals surface area contributed by atoms with Crippen molar-refractivity contribution in [2.75, 3.05) is 20.8 Å². The molecule has 0 amide bonds. The van der Waals surface area contributed by atoms with E-state index in [1.165, 1.54) is 0 Å². The van der Waals surface area contributed by atoms with Gasteiger partial charge in [-0.1, -0.05) is 30.3 Å². The highest BCUT2D eigenvalue weighted by molar-refractivity contribution is 5.23. The Morgan fingerprint density at radius 3 is 2.61 bits per heavy atom. The number of likely N-dealkylation sites (N-methyl/N-ethyl adjacent to an activating group) is 1. The number of hydrogen-bond donors (Lipinski definition) is 1. The summed E-state index contributed by atoms with van der Waals surface area (Å²) in [5.74, 6) is 0.999. The van der Waals surface area contributed by atoms with Crippen LogP contribution in [0.15, 0.2) is 42.2 Å². The Kier molecular flexibility index (Phi) is 4.79. The topological polar surface area (TPSA) is 30.5 Å². The first kappa shape index (κ1) is 13.1. The second-order valence-corrected chi connectivity index (χ2v) is 4.43. The number of rotatable bonds is 5. The molecule has 2 unspecified atom stereocenters. The summed E-state index contributed by atoms with van der Waals surface area (Å²) >= 11 is 0. The fraction of sp³-hybridized carbons (Fsp3) is 0.467. The average molecular weight is 247 g/mol. The zero-order valence-corrected chi connectivity index (χ0v) is 11.1. The minimum absolute atomic E-state index is 0.0273. The van der Waals surface area contributed by atoms with E-state index in [1.54, 1.807) is 7.11 Å². The predicted molar refractivity (Wildman–Crippen MR) is 72.3 cm³/mol. The van der Waals surface area contributed by atoms with E-state index in [9.17, 15) is 0 Å². The summed E-state index contributed by atoms with van der Waals surface area (Å²) in [7, 11) is 3.68. The first-order chi connectivity index (χ1) is 8.86. The van der Waals surface area contributed by atoms with Gasteiger partial charge in [-0.3, -0.25) is 0 Å². The third-order valence-corrected chi connectivity index (χ3v) is 3.27. The van der Waals surface area contributed by atoms with Crippen LogP contribution in [0.4, 0.5) is 0 Å². The zero-order chi connectivity index (χ0) is 12.8. The molecule has 0 saturated heterocycles. The second kappa shape index (κ2) is 6.57. The molecule has 1 heterocycles. The Bertz CT molecular complexity index is 389. The van der Waals surface area contributed by atoms with E-state index >= 15 is 0 Å². The van der Waals surface area contributed by atoms with Crippen molar-refractivity contribution in [3.8, 4) is 0 Å². The van der Waals surface area contributed by atoms with Gasteiger partial charge in [0.1, 0.15) is 11.9 Å². The number of hydrogen-bond acceptors (Lipinski definition) is 3. The molecule has 3 heteroatoms. The lowest BCUT2D eigenvalue weighted by atomic mass is 9.99. The summed E-state index contributed by atoms with van der Waals surface area (Å²) in [6.45, 7) is 0.801. The smallest absolute Gasteiger partial charge is 0.112 e. The van der Waals surface area contributed by atoms with E-state index in [1.807, 2.05) is 25.2 Å². The Morgan fingerprint density at radius 2 is 2.06 bits per heavy atom. The summed E-state index contributed by atoms with van der Waals surface area (Å²) in [4.78, 5) is 0. The van der Waals surface area contributed by atoms with Crippen molar-refractivity contribution in [3.05, 3.63) is 47.7 Å². The molecule has 0 aliphatic carbocycles. The number of allylic oxidation sites excluding steroid dienone is 1. The molecule has 18 heavy (non-hydrogen) atoms. The Balaban J connectivity index is 2.21. The van der Waals surface area contributed by atoms with Crippen LogP contribution in [-0.4, -0.2) is 26.8 Å². The van der Waals surface area contributed by atoms with Crippen LogP contribution < -0.4 is 5.32 Å². The zero-order valence-electron chi connectivity index (χ0n) is 11.1. The van der Waals surface area contributed by atoms with Gasteiger partial charge in [0.15, 0.2) is 0 Å². The molecule has 0 fully saturated rings. The molecule has 2 rings (SSSR count). The van der Waals surface area contributed by atoms with Crippen molar-refractivity contribution in [2.45, 2.75) is 25.0 Å². The Morgan fingerprint density at radius 1 is 1.28 bits per heavy atom. The molecule has 0 spiro atoms. The SMILES string of the molecule is CNC(C1=CCCCO1)C(OC)c1ccccc1. The molecule has 3 nitrogen and oxygen atoms in total. The van der Waals surface area contributed by atoms with E-state index in [2.05, 4.69) is 23.5 Å². The van der Waals surface area contributed by atoms with Gasteiger partial charge >= 0.3 is 0 Å². The normalized spacial score (nSPS) is 18.7. The van der Waals surface area contributed by atoms with Crippen LogP contribution in [0.3, 0.4) is 0 Å². The average Bonchev–Trinajstić information content (AvgIpc) is 2.46. The van der Waals surface area contributed by atoms with Gasteiger partial charge in [0.05, 0.1) is 12.6 Å². The van der Waals surface area contributed by atoms with Crippen molar-refractivity contribution in [2.24, 2.45) is 0 Å². The van der Waals surface area contributed by atoms with E-state index < -0.39 is 0 Å². The maximum Gasteiger partial charge on any atom is 0.112 e. The molecular weight excluding hydrogens is 226 g/mol. The van der Waals surface area contributed by atoms with Crippen molar-refractivity contribution in [1.82, 2.24) is 5.32 Å². The lowest BCUT2D eigenvalue weighted by Crippen LogP contribution is -2.36. The molecule has 98 valence electrons. The minimum Gasteiger partial charge on any atom is -0.496 e. The number of nitrogens with one attached hydrogen (secondary N) is 1. The third-order valence-electron chi connectivity index (χ3n) is 3.27. The van der Waals surface area contributed by atoms with Crippen LogP contribution in [0.1, 0.15) is 24.5 Å². The molecule has 1 aliphatic rings. The van der Waals surface area contributed by atoms with Crippen molar-refractivity contribution in [3.63, 3.8) is 0 Å². The van der Waals surface area contributed by atoms with Gasteiger partial charge in [0.25, 0.3) is 0 Å². The van der Waals surface area contributed by atoms with Gasteiger partial charge in [-0.25, -0.2) is 0 Å². The van der Waals surface area contributed by atoms with E-state index in [-0.39, 0.29) is 12.1 Å². The summed E-state index contributed by atoms with van der Waals surface area (Å²) in [5.41, 5.74) is 1.16. The summed E-state index contributed by atoms with van der Waals surface area (Å²) in [6, 6.07) is 10.3. The highest BCUT2D eigenvalue weighted by Gasteiger charge is 2.27. The number of ether oxygens (including phenoxy) is 2. The van der Waals surface area contributed by atoms with Crippen LogP contribution in [0.5, 0.6) is 0 Å². The first-order valence-electron chi connectivity index (χ1n) is 6.44. The lowest BCUT2D eigenvalue weighted by Gasteiger charge is -2.29. The monoisotopic (exact) mass is 247 g/mol. The van der Waals surface area contributed by atoms with Crippen molar-refractivity contribution in [1.29, 1.82) is 0 Å². The summed E-state index contributed by atoms with van der Waals surface area (Å²) in [5, 5.41) is 3.30. The molecular formula is C15H21NO2. The van der Waals surface area contributed by atoms with E-state index in [0.717, 1.165) is 30.8 Å². The van der Waals surface area contributed by atoms with E-state index in [4.69, 9.17) is 9.47 Å². The maximum atomic E-state index is 5.75. The molecule has 1 aliphatic heterocycles. The molecule has 0 radical (unpaired) electrons. The Labute approximate surface area is 109 Å². The lowest BCUT2D eigenvalue weighted by molar-refractivity contribution is 0.0517. The largest absolute Gasteiger partial charge is 0.496 e. The fourth-order valence-electron chi connectivity index (χ4n) is 2.34. The summed E-state index contributed by atoms with van der Waals surface area (Å²) < 4.78 is 11.4. The molecule has 1 aromatic carbocycles. The molecule has 0 aromatic heterocycles. The molecule has 0 bridgehead atoms. The van der Waals surface area contributed by atoms with Crippen LogP contribution in [0.2, 0.25) is 0 Å². The standard InChI is InChI=1S/C15H21NO2/c1-16-14(13-10-6-7-11-18-13)15(17-2)12-8-4-3-5-9-12/h3-5,8-10,14-16H,6-7,11H2,1-2H3. The van der Waals surface area contributed by atoms with Gasteiger partial charge in [-0.2, -0.15) is 0 Å².